The number of hydrogen-bond donors (Lipinski definition) is 1. The van der Waals surface area contributed by atoms with Gasteiger partial charge in [-0.05, 0) is 61.9 Å². The van der Waals surface area contributed by atoms with Gasteiger partial charge in [-0.3, -0.25) is 4.79 Å². The van der Waals surface area contributed by atoms with Crippen LogP contribution >= 0.6 is 0 Å². The van der Waals surface area contributed by atoms with Gasteiger partial charge in [0.05, 0.1) is 23.3 Å². The van der Waals surface area contributed by atoms with E-state index in [1.165, 1.54) is 19.2 Å². The third-order valence-electron chi connectivity index (χ3n) is 5.53. The molecular formula is C22H23F4NO4S. The molecule has 1 N–H and O–H groups in total. The van der Waals surface area contributed by atoms with E-state index in [1.807, 2.05) is 0 Å². The maximum atomic E-state index is 13.6. The second kappa shape index (κ2) is 9.48. The van der Waals surface area contributed by atoms with Crippen LogP contribution in [-0.4, -0.2) is 33.2 Å². The molecule has 174 valence electrons. The summed E-state index contributed by atoms with van der Waals surface area (Å²) >= 11 is 0. The number of sulfone groups is 1. The number of methoxy groups -OCH3 is 1. The Morgan fingerprint density at radius 2 is 1.78 bits per heavy atom. The predicted octanol–water partition coefficient (Wildman–Crippen LogP) is 4.62. The van der Waals surface area contributed by atoms with Gasteiger partial charge in [-0.15, -0.1) is 0 Å². The van der Waals surface area contributed by atoms with Crippen LogP contribution in [0.3, 0.4) is 0 Å². The molecule has 0 bridgehead atoms. The van der Waals surface area contributed by atoms with Crippen LogP contribution in [0.1, 0.15) is 41.6 Å². The van der Waals surface area contributed by atoms with Crippen molar-refractivity contribution in [2.75, 3.05) is 12.9 Å². The quantitative estimate of drug-likeness (QED) is 0.622. The number of rotatable bonds is 6. The van der Waals surface area contributed by atoms with Gasteiger partial charge in [-0.25, -0.2) is 12.8 Å². The first-order chi connectivity index (χ1) is 15.0. The molecule has 1 aliphatic carbocycles. The number of nitrogens with one attached hydrogen (secondary N) is 1. The molecule has 1 aliphatic rings. The largest absolute Gasteiger partial charge is 0.497 e. The van der Waals surface area contributed by atoms with Crippen molar-refractivity contribution in [1.29, 1.82) is 0 Å². The van der Waals surface area contributed by atoms with E-state index in [0.717, 1.165) is 24.3 Å². The molecule has 5 nitrogen and oxygen atoms in total. The standard InChI is InChI=1S/C22H23F4NO4S/c1-31-19-10-15(9-17(23)12-19)21(28)27-18-7-5-14(6-8-18)13-32(29,30)20-4-2-3-16(11-20)22(24,25)26/h2-4,9-12,14,18H,5-8,13H2,1H3,(H,27,28). The van der Waals surface area contributed by atoms with Gasteiger partial charge in [0.2, 0.25) is 0 Å². The first kappa shape index (κ1) is 24.0. The molecular weight excluding hydrogens is 450 g/mol. The second-order valence-electron chi connectivity index (χ2n) is 7.88. The first-order valence-corrected chi connectivity index (χ1v) is 11.7. The predicted molar refractivity (Wildman–Crippen MR) is 110 cm³/mol. The van der Waals surface area contributed by atoms with E-state index in [9.17, 15) is 30.8 Å². The van der Waals surface area contributed by atoms with Crippen LogP contribution in [0.5, 0.6) is 5.75 Å². The van der Waals surface area contributed by atoms with Gasteiger partial charge in [0.1, 0.15) is 11.6 Å². The second-order valence-corrected chi connectivity index (χ2v) is 9.91. The number of alkyl halides is 3. The summed E-state index contributed by atoms with van der Waals surface area (Å²) in [4.78, 5) is 12.1. The van der Waals surface area contributed by atoms with Gasteiger partial charge in [0, 0.05) is 17.7 Å². The van der Waals surface area contributed by atoms with Crippen LogP contribution in [0.4, 0.5) is 17.6 Å². The minimum atomic E-state index is -4.62. The van der Waals surface area contributed by atoms with E-state index in [4.69, 9.17) is 4.74 Å². The summed E-state index contributed by atoms with van der Waals surface area (Å²) in [6, 6.07) is 7.23. The van der Waals surface area contributed by atoms with Crippen LogP contribution in [-0.2, 0) is 16.0 Å². The summed E-state index contributed by atoms with van der Waals surface area (Å²) in [5, 5.41) is 2.82. The third kappa shape index (κ3) is 5.99. The van der Waals surface area contributed by atoms with E-state index >= 15 is 0 Å². The van der Waals surface area contributed by atoms with Gasteiger partial charge >= 0.3 is 6.18 Å². The topological polar surface area (TPSA) is 72.5 Å². The van der Waals surface area contributed by atoms with Crippen molar-refractivity contribution in [2.24, 2.45) is 5.92 Å². The molecule has 1 amide bonds. The Bertz CT molecular complexity index is 1080. The van der Waals surface area contributed by atoms with Crippen LogP contribution in [0.25, 0.3) is 0 Å². The van der Waals surface area contributed by atoms with Crippen LogP contribution in [0.2, 0.25) is 0 Å². The lowest BCUT2D eigenvalue weighted by molar-refractivity contribution is -0.137. The van der Waals surface area contributed by atoms with Crippen molar-refractivity contribution in [1.82, 2.24) is 5.32 Å². The number of ether oxygens (including phenoxy) is 1. The summed E-state index contributed by atoms with van der Waals surface area (Å²) in [6.45, 7) is 0. The molecule has 2 aromatic carbocycles. The van der Waals surface area contributed by atoms with Gasteiger partial charge in [-0.2, -0.15) is 13.2 Å². The molecule has 1 fully saturated rings. The SMILES string of the molecule is COc1cc(F)cc(C(=O)NC2CCC(CS(=O)(=O)c3cccc(C(F)(F)F)c3)CC2)c1. The fourth-order valence-corrected chi connectivity index (χ4v) is 5.57. The molecule has 0 atom stereocenters. The monoisotopic (exact) mass is 473 g/mol. The van der Waals surface area contributed by atoms with Gasteiger partial charge < -0.3 is 10.1 Å². The van der Waals surface area contributed by atoms with E-state index in [-0.39, 0.29) is 33.9 Å². The highest BCUT2D eigenvalue weighted by Gasteiger charge is 2.33. The molecule has 10 heteroatoms. The fraction of sp³-hybridized carbons (Fsp3) is 0.409. The van der Waals surface area contributed by atoms with Gasteiger partial charge in [-0.1, -0.05) is 6.07 Å². The zero-order valence-electron chi connectivity index (χ0n) is 17.3. The molecule has 0 heterocycles. The number of amides is 1. The maximum Gasteiger partial charge on any atom is 0.416 e. The maximum absolute atomic E-state index is 13.6. The molecule has 1 saturated carbocycles. The van der Waals surface area contributed by atoms with Crippen molar-refractivity contribution in [3.63, 3.8) is 0 Å². The third-order valence-corrected chi connectivity index (χ3v) is 7.41. The Labute approximate surface area is 183 Å². The van der Waals surface area contributed by atoms with Crippen LogP contribution in [0.15, 0.2) is 47.4 Å². The van der Waals surface area contributed by atoms with Crippen molar-refractivity contribution in [3.05, 3.63) is 59.4 Å². The molecule has 0 unspecified atom stereocenters. The number of halogens is 4. The summed E-state index contributed by atoms with van der Waals surface area (Å²) in [5.74, 6) is -1.31. The molecule has 0 spiro atoms. The smallest absolute Gasteiger partial charge is 0.416 e. The van der Waals surface area contributed by atoms with Crippen molar-refractivity contribution in [2.45, 2.75) is 42.8 Å². The highest BCUT2D eigenvalue weighted by molar-refractivity contribution is 7.91. The first-order valence-electron chi connectivity index (χ1n) is 10.0. The number of carbonyl (C=O) groups excluding carboxylic acids is 1. The highest BCUT2D eigenvalue weighted by atomic mass is 32.2. The lowest BCUT2D eigenvalue weighted by Crippen LogP contribution is -2.38. The minimum Gasteiger partial charge on any atom is -0.497 e. The molecule has 0 aromatic heterocycles. The van der Waals surface area contributed by atoms with Crippen LogP contribution < -0.4 is 10.1 Å². The van der Waals surface area contributed by atoms with Gasteiger partial charge in [0.25, 0.3) is 5.91 Å². The van der Waals surface area contributed by atoms with E-state index in [0.29, 0.717) is 31.7 Å². The fourth-order valence-electron chi connectivity index (χ4n) is 3.83. The number of carbonyl (C=O) groups is 1. The Kier molecular flexibility index (Phi) is 7.12. The Morgan fingerprint density at radius 1 is 1.09 bits per heavy atom. The average Bonchev–Trinajstić information content (AvgIpc) is 2.74. The van der Waals surface area contributed by atoms with E-state index in [2.05, 4.69) is 5.32 Å². The number of hydrogen-bond acceptors (Lipinski definition) is 4. The Morgan fingerprint density at radius 3 is 2.41 bits per heavy atom. The molecule has 2 aromatic rings. The zero-order valence-corrected chi connectivity index (χ0v) is 18.1. The average molecular weight is 473 g/mol. The summed E-state index contributed by atoms with van der Waals surface area (Å²) in [5.41, 5.74) is -0.880. The summed E-state index contributed by atoms with van der Waals surface area (Å²) < 4.78 is 82.5. The van der Waals surface area contributed by atoms with E-state index in [1.54, 1.807) is 0 Å². The van der Waals surface area contributed by atoms with Crippen molar-refractivity contribution < 1.29 is 35.5 Å². The van der Waals surface area contributed by atoms with Gasteiger partial charge in [0.15, 0.2) is 9.84 Å². The number of benzene rings is 2. The molecule has 3 rings (SSSR count). The minimum absolute atomic E-state index is 0.121. The van der Waals surface area contributed by atoms with Crippen molar-refractivity contribution >= 4 is 15.7 Å². The summed E-state index contributed by atoms with van der Waals surface area (Å²) in [7, 11) is -2.52. The molecule has 0 saturated heterocycles. The molecule has 32 heavy (non-hydrogen) atoms. The van der Waals surface area contributed by atoms with Crippen LogP contribution in [0, 0.1) is 11.7 Å². The Balaban J connectivity index is 1.58. The summed E-state index contributed by atoms with van der Waals surface area (Å²) in [6.07, 6.45) is -2.60. The Hall–Kier alpha value is -2.62. The van der Waals surface area contributed by atoms with E-state index < -0.39 is 33.3 Å². The zero-order chi connectivity index (χ0) is 23.5. The van der Waals surface area contributed by atoms with Crippen molar-refractivity contribution in [3.8, 4) is 5.75 Å². The highest BCUT2D eigenvalue weighted by Crippen LogP contribution is 2.32. The molecule has 0 aliphatic heterocycles. The molecule has 0 radical (unpaired) electrons. The normalized spacial score (nSPS) is 19.4. The lowest BCUT2D eigenvalue weighted by atomic mass is 9.87. The lowest BCUT2D eigenvalue weighted by Gasteiger charge is -2.29.